The minimum Gasteiger partial charge on any atom is -0.469 e. The van der Waals surface area contributed by atoms with Crippen LogP contribution in [0.25, 0.3) is 0 Å². The standard InChI is InChI=1S/C12H22N2O3/c1-14(7-3-4-11(15)17-2)12(16)9-5-6-10(13)8-9/h9-10H,3-8,13H2,1-2H3. The first-order valence-corrected chi connectivity index (χ1v) is 6.12. The van der Waals surface area contributed by atoms with Crippen LogP contribution in [0.4, 0.5) is 0 Å². The summed E-state index contributed by atoms with van der Waals surface area (Å²) < 4.78 is 4.55. The molecule has 5 nitrogen and oxygen atoms in total. The molecule has 2 unspecified atom stereocenters. The van der Waals surface area contributed by atoms with Crippen molar-refractivity contribution in [2.24, 2.45) is 11.7 Å². The fourth-order valence-electron chi connectivity index (χ4n) is 2.23. The van der Waals surface area contributed by atoms with Crippen molar-refractivity contribution in [1.82, 2.24) is 4.90 Å². The van der Waals surface area contributed by atoms with E-state index >= 15 is 0 Å². The molecule has 0 spiro atoms. The Balaban J connectivity index is 2.25. The first-order chi connectivity index (χ1) is 8.04. The molecule has 1 fully saturated rings. The van der Waals surface area contributed by atoms with Crippen LogP contribution < -0.4 is 5.73 Å². The first kappa shape index (κ1) is 14.0. The second-order valence-corrected chi connectivity index (χ2v) is 4.71. The maximum absolute atomic E-state index is 12.0. The number of esters is 1. The van der Waals surface area contributed by atoms with Crippen molar-refractivity contribution in [3.8, 4) is 0 Å². The zero-order valence-electron chi connectivity index (χ0n) is 10.6. The average Bonchev–Trinajstić information content (AvgIpc) is 2.74. The lowest BCUT2D eigenvalue weighted by atomic mass is 10.1. The minimum absolute atomic E-state index is 0.0770. The average molecular weight is 242 g/mol. The highest BCUT2D eigenvalue weighted by atomic mass is 16.5. The SMILES string of the molecule is COC(=O)CCCN(C)C(=O)C1CCC(N)C1. The van der Waals surface area contributed by atoms with Gasteiger partial charge in [0.15, 0.2) is 0 Å². The molecule has 0 aromatic heterocycles. The van der Waals surface area contributed by atoms with E-state index in [9.17, 15) is 9.59 Å². The van der Waals surface area contributed by atoms with Crippen molar-refractivity contribution in [1.29, 1.82) is 0 Å². The zero-order valence-corrected chi connectivity index (χ0v) is 10.6. The van der Waals surface area contributed by atoms with Crippen molar-refractivity contribution in [2.75, 3.05) is 20.7 Å². The molecule has 1 aliphatic rings. The highest BCUT2D eigenvalue weighted by Crippen LogP contribution is 2.25. The van der Waals surface area contributed by atoms with Crippen molar-refractivity contribution >= 4 is 11.9 Å². The molecule has 0 aromatic carbocycles. The Morgan fingerprint density at radius 1 is 1.41 bits per heavy atom. The number of rotatable bonds is 5. The molecule has 0 aromatic rings. The van der Waals surface area contributed by atoms with Gasteiger partial charge in [0.1, 0.15) is 0 Å². The number of nitrogens with zero attached hydrogens (tertiary/aromatic N) is 1. The van der Waals surface area contributed by atoms with Crippen molar-refractivity contribution < 1.29 is 14.3 Å². The van der Waals surface area contributed by atoms with Gasteiger partial charge in [0.25, 0.3) is 0 Å². The lowest BCUT2D eigenvalue weighted by Crippen LogP contribution is -2.33. The predicted molar refractivity (Wildman–Crippen MR) is 64.2 cm³/mol. The molecule has 1 rings (SSSR count). The number of methoxy groups -OCH3 is 1. The summed E-state index contributed by atoms with van der Waals surface area (Å²) in [5, 5.41) is 0. The van der Waals surface area contributed by atoms with Crippen LogP contribution in [0.5, 0.6) is 0 Å². The number of amides is 1. The normalized spacial score (nSPS) is 23.5. The maximum Gasteiger partial charge on any atom is 0.305 e. The van der Waals surface area contributed by atoms with E-state index in [-0.39, 0.29) is 23.8 Å². The summed E-state index contributed by atoms with van der Waals surface area (Å²) in [5.74, 6) is 0.00433. The third-order valence-corrected chi connectivity index (χ3v) is 3.30. The second kappa shape index (κ2) is 6.59. The van der Waals surface area contributed by atoms with E-state index in [1.807, 2.05) is 0 Å². The summed E-state index contributed by atoms with van der Waals surface area (Å²) in [6.07, 6.45) is 3.62. The van der Waals surface area contributed by atoms with Gasteiger partial charge in [-0.15, -0.1) is 0 Å². The number of carbonyl (C=O) groups is 2. The van der Waals surface area contributed by atoms with Crippen molar-refractivity contribution in [2.45, 2.75) is 38.1 Å². The Labute approximate surface area is 102 Å². The molecule has 5 heteroatoms. The summed E-state index contributed by atoms with van der Waals surface area (Å²) in [4.78, 5) is 24.6. The Hall–Kier alpha value is -1.10. The van der Waals surface area contributed by atoms with Crippen molar-refractivity contribution in [3.05, 3.63) is 0 Å². The zero-order chi connectivity index (χ0) is 12.8. The Kier molecular flexibility index (Phi) is 5.41. The van der Waals surface area contributed by atoms with E-state index in [1.54, 1.807) is 11.9 Å². The fraction of sp³-hybridized carbons (Fsp3) is 0.833. The topological polar surface area (TPSA) is 72.6 Å². The maximum atomic E-state index is 12.0. The highest BCUT2D eigenvalue weighted by molar-refractivity contribution is 5.79. The lowest BCUT2D eigenvalue weighted by molar-refractivity contribution is -0.141. The van der Waals surface area contributed by atoms with Gasteiger partial charge in [-0.2, -0.15) is 0 Å². The van der Waals surface area contributed by atoms with Gasteiger partial charge < -0.3 is 15.4 Å². The predicted octanol–water partition coefficient (Wildman–Crippen LogP) is 0.525. The molecular formula is C12H22N2O3. The Morgan fingerprint density at radius 3 is 2.65 bits per heavy atom. The molecule has 0 bridgehead atoms. The molecule has 0 saturated heterocycles. The Bertz CT molecular complexity index is 281. The van der Waals surface area contributed by atoms with Gasteiger partial charge in [-0.05, 0) is 25.7 Å². The van der Waals surface area contributed by atoms with E-state index in [4.69, 9.17) is 5.73 Å². The quantitative estimate of drug-likeness (QED) is 0.714. The van der Waals surface area contributed by atoms with Gasteiger partial charge in [-0.3, -0.25) is 9.59 Å². The van der Waals surface area contributed by atoms with Gasteiger partial charge in [0.05, 0.1) is 7.11 Å². The van der Waals surface area contributed by atoms with Crippen LogP contribution in [0.3, 0.4) is 0 Å². The van der Waals surface area contributed by atoms with Crippen molar-refractivity contribution in [3.63, 3.8) is 0 Å². The van der Waals surface area contributed by atoms with Crippen LogP contribution in [0.2, 0.25) is 0 Å². The summed E-state index contributed by atoms with van der Waals surface area (Å²) >= 11 is 0. The number of carbonyl (C=O) groups excluding carboxylic acids is 2. The highest BCUT2D eigenvalue weighted by Gasteiger charge is 2.29. The summed E-state index contributed by atoms with van der Waals surface area (Å²) in [5.41, 5.74) is 5.79. The van der Waals surface area contributed by atoms with Crippen LogP contribution in [0.1, 0.15) is 32.1 Å². The molecule has 98 valence electrons. The molecule has 2 atom stereocenters. The smallest absolute Gasteiger partial charge is 0.305 e. The third kappa shape index (κ3) is 4.34. The second-order valence-electron chi connectivity index (χ2n) is 4.71. The molecule has 1 amide bonds. The van der Waals surface area contributed by atoms with E-state index in [2.05, 4.69) is 4.74 Å². The van der Waals surface area contributed by atoms with Crippen LogP contribution >= 0.6 is 0 Å². The van der Waals surface area contributed by atoms with Gasteiger partial charge in [-0.25, -0.2) is 0 Å². The van der Waals surface area contributed by atoms with E-state index < -0.39 is 0 Å². The molecule has 0 radical (unpaired) electrons. The molecule has 1 saturated carbocycles. The first-order valence-electron chi connectivity index (χ1n) is 6.12. The summed E-state index contributed by atoms with van der Waals surface area (Å²) in [6.45, 7) is 0.597. The number of hydrogen-bond donors (Lipinski definition) is 1. The number of nitrogens with two attached hydrogens (primary N) is 1. The van der Waals surface area contributed by atoms with Crippen LogP contribution in [0.15, 0.2) is 0 Å². The number of ether oxygens (including phenoxy) is 1. The lowest BCUT2D eigenvalue weighted by Gasteiger charge is -2.20. The summed E-state index contributed by atoms with van der Waals surface area (Å²) in [7, 11) is 3.15. The molecule has 2 N–H and O–H groups in total. The van der Waals surface area contributed by atoms with Gasteiger partial charge >= 0.3 is 5.97 Å². The van der Waals surface area contributed by atoms with Gasteiger partial charge in [-0.1, -0.05) is 0 Å². The Morgan fingerprint density at radius 2 is 2.12 bits per heavy atom. The molecule has 0 aliphatic heterocycles. The monoisotopic (exact) mass is 242 g/mol. The van der Waals surface area contributed by atoms with Crippen LogP contribution in [-0.4, -0.2) is 43.5 Å². The molecule has 17 heavy (non-hydrogen) atoms. The van der Waals surface area contributed by atoms with Gasteiger partial charge in [0, 0.05) is 32.0 Å². The third-order valence-electron chi connectivity index (χ3n) is 3.30. The molecular weight excluding hydrogens is 220 g/mol. The van der Waals surface area contributed by atoms with E-state index in [1.165, 1.54) is 7.11 Å². The molecule has 1 aliphatic carbocycles. The van der Waals surface area contributed by atoms with Gasteiger partial charge in [0.2, 0.25) is 5.91 Å². The van der Waals surface area contributed by atoms with E-state index in [0.717, 1.165) is 19.3 Å². The largest absolute Gasteiger partial charge is 0.469 e. The number of hydrogen-bond acceptors (Lipinski definition) is 4. The fourth-order valence-corrected chi connectivity index (χ4v) is 2.23. The van der Waals surface area contributed by atoms with E-state index in [0.29, 0.717) is 19.4 Å². The summed E-state index contributed by atoms with van der Waals surface area (Å²) in [6, 6.07) is 0.174. The minimum atomic E-state index is -0.228. The molecule has 0 heterocycles. The van der Waals surface area contributed by atoms with Crippen LogP contribution in [-0.2, 0) is 14.3 Å². The van der Waals surface area contributed by atoms with Crippen LogP contribution in [0, 0.1) is 5.92 Å².